The molecule has 0 atom stereocenters. The van der Waals surface area contributed by atoms with E-state index in [1.165, 1.54) is 23.3 Å². The number of hydrogen-bond donors (Lipinski definition) is 1. The first-order valence-electron chi connectivity index (χ1n) is 6.02. The number of carbonyl (C=O) groups is 1. The van der Waals surface area contributed by atoms with Crippen LogP contribution in [0, 0.1) is 5.82 Å². The molecule has 106 valence electrons. The van der Waals surface area contributed by atoms with Crippen molar-refractivity contribution in [2.45, 2.75) is 13.1 Å². The van der Waals surface area contributed by atoms with Crippen LogP contribution in [0.25, 0.3) is 0 Å². The molecule has 0 radical (unpaired) electrons. The molecule has 6 heteroatoms. The Hall–Kier alpha value is -2.01. The fraction of sp³-hybridized carbons (Fsp3) is 0.214. The first kappa shape index (κ1) is 14.4. The Morgan fingerprint density at radius 2 is 2.20 bits per heavy atom. The van der Waals surface area contributed by atoms with Crippen LogP contribution in [0.15, 0.2) is 41.0 Å². The van der Waals surface area contributed by atoms with Crippen LogP contribution < -0.4 is 5.32 Å². The molecule has 20 heavy (non-hydrogen) atoms. The summed E-state index contributed by atoms with van der Waals surface area (Å²) in [7, 11) is 1.57. The maximum absolute atomic E-state index is 13.6. The molecule has 0 spiro atoms. The molecule has 2 amide bonds. The number of nitrogens with one attached hydrogen (secondary N) is 1. The van der Waals surface area contributed by atoms with Gasteiger partial charge in [0.1, 0.15) is 11.6 Å². The molecule has 0 aliphatic rings. The first-order chi connectivity index (χ1) is 9.58. The second-order valence-corrected chi connectivity index (χ2v) is 4.70. The van der Waals surface area contributed by atoms with Crippen LogP contribution in [-0.2, 0) is 13.1 Å². The second-order valence-electron chi connectivity index (χ2n) is 4.29. The monoisotopic (exact) mass is 296 g/mol. The van der Waals surface area contributed by atoms with Crippen molar-refractivity contribution in [2.75, 3.05) is 7.05 Å². The minimum atomic E-state index is -0.428. The molecule has 1 aromatic heterocycles. The first-order valence-corrected chi connectivity index (χ1v) is 6.40. The number of hydrogen-bond acceptors (Lipinski definition) is 2. The van der Waals surface area contributed by atoms with Gasteiger partial charge in [-0.3, -0.25) is 0 Å². The molecule has 0 saturated heterocycles. The fourth-order valence-electron chi connectivity index (χ4n) is 1.70. The zero-order valence-corrected chi connectivity index (χ0v) is 11.7. The standard InChI is InChI=1S/C14H14ClFN2O2/c1-18(9-11-12(15)5-2-6-13(11)16)14(19)17-8-10-4-3-7-20-10/h2-7H,8-9H2,1H3,(H,17,19). The molecule has 1 N–H and O–H groups in total. The zero-order chi connectivity index (χ0) is 14.5. The Balaban J connectivity index is 1.94. The molecule has 4 nitrogen and oxygen atoms in total. The second kappa shape index (κ2) is 6.43. The largest absolute Gasteiger partial charge is 0.467 e. The van der Waals surface area contributed by atoms with Crippen molar-refractivity contribution in [1.29, 1.82) is 0 Å². The number of benzene rings is 1. The summed E-state index contributed by atoms with van der Waals surface area (Å²) < 4.78 is 18.7. The molecular weight excluding hydrogens is 283 g/mol. The van der Waals surface area contributed by atoms with E-state index in [2.05, 4.69) is 5.32 Å². The number of halogens is 2. The molecule has 0 aliphatic heterocycles. The Kier molecular flexibility index (Phi) is 4.63. The van der Waals surface area contributed by atoms with Gasteiger partial charge in [0, 0.05) is 17.6 Å². The predicted molar refractivity (Wildman–Crippen MR) is 73.8 cm³/mol. The van der Waals surface area contributed by atoms with E-state index in [1.54, 1.807) is 25.2 Å². The zero-order valence-electron chi connectivity index (χ0n) is 10.9. The quantitative estimate of drug-likeness (QED) is 0.939. The summed E-state index contributed by atoms with van der Waals surface area (Å²) in [6.45, 7) is 0.372. The molecule has 1 aromatic carbocycles. The van der Waals surface area contributed by atoms with E-state index in [1.807, 2.05) is 0 Å². The highest BCUT2D eigenvalue weighted by molar-refractivity contribution is 6.31. The van der Waals surface area contributed by atoms with Crippen LogP contribution in [0.5, 0.6) is 0 Å². The summed E-state index contributed by atoms with van der Waals surface area (Å²) in [5, 5.41) is 2.97. The van der Waals surface area contributed by atoms with Gasteiger partial charge in [0.15, 0.2) is 0 Å². The Morgan fingerprint density at radius 3 is 2.85 bits per heavy atom. The number of urea groups is 1. The average molecular weight is 297 g/mol. The third-order valence-corrected chi connectivity index (χ3v) is 3.15. The van der Waals surface area contributed by atoms with Gasteiger partial charge in [-0.1, -0.05) is 17.7 Å². The maximum atomic E-state index is 13.6. The summed E-state index contributed by atoms with van der Waals surface area (Å²) in [5.41, 5.74) is 0.296. The number of nitrogens with zero attached hydrogens (tertiary/aromatic N) is 1. The van der Waals surface area contributed by atoms with Crippen molar-refractivity contribution < 1.29 is 13.6 Å². The van der Waals surface area contributed by atoms with Gasteiger partial charge in [0.2, 0.25) is 0 Å². The van der Waals surface area contributed by atoms with Crippen molar-refractivity contribution >= 4 is 17.6 Å². The van der Waals surface area contributed by atoms with Crippen LogP contribution in [0.3, 0.4) is 0 Å². The topological polar surface area (TPSA) is 45.5 Å². The Bertz CT molecular complexity index is 567. The molecule has 0 saturated carbocycles. The van der Waals surface area contributed by atoms with Gasteiger partial charge in [0.25, 0.3) is 0 Å². The fourth-order valence-corrected chi connectivity index (χ4v) is 1.93. The maximum Gasteiger partial charge on any atom is 0.317 e. The van der Waals surface area contributed by atoms with Gasteiger partial charge < -0.3 is 14.6 Å². The van der Waals surface area contributed by atoms with E-state index in [0.29, 0.717) is 16.3 Å². The summed E-state index contributed by atoms with van der Waals surface area (Å²) >= 11 is 5.92. The van der Waals surface area contributed by atoms with Crippen molar-refractivity contribution in [2.24, 2.45) is 0 Å². The molecule has 0 aliphatic carbocycles. The van der Waals surface area contributed by atoms with Gasteiger partial charge in [-0.05, 0) is 24.3 Å². The van der Waals surface area contributed by atoms with Crippen molar-refractivity contribution in [3.05, 3.63) is 58.8 Å². The minimum Gasteiger partial charge on any atom is -0.467 e. The average Bonchev–Trinajstić information content (AvgIpc) is 2.93. The molecule has 0 unspecified atom stereocenters. The van der Waals surface area contributed by atoms with Gasteiger partial charge in [-0.2, -0.15) is 0 Å². The van der Waals surface area contributed by atoms with Gasteiger partial charge >= 0.3 is 6.03 Å². The lowest BCUT2D eigenvalue weighted by Crippen LogP contribution is -2.36. The minimum absolute atomic E-state index is 0.0928. The normalized spacial score (nSPS) is 10.3. The third kappa shape index (κ3) is 3.51. The summed E-state index contributed by atoms with van der Waals surface area (Å²) in [5.74, 6) is 0.221. The van der Waals surface area contributed by atoms with E-state index in [-0.39, 0.29) is 19.1 Å². The molecular formula is C14H14ClFN2O2. The van der Waals surface area contributed by atoms with Crippen LogP contribution in [0.2, 0.25) is 5.02 Å². The molecule has 2 aromatic rings. The van der Waals surface area contributed by atoms with Crippen molar-refractivity contribution in [1.82, 2.24) is 10.2 Å². The Morgan fingerprint density at radius 1 is 1.40 bits per heavy atom. The van der Waals surface area contributed by atoms with Gasteiger partial charge in [0.05, 0.1) is 19.4 Å². The molecule has 1 heterocycles. The van der Waals surface area contributed by atoms with E-state index in [9.17, 15) is 9.18 Å². The van der Waals surface area contributed by atoms with Crippen LogP contribution in [-0.4, -0.2) is 18.0 Å². The number of furan rings is 1. The summed E-state index contributed by atoms with van der Waals surface area (Å²) in [4.78, 5) is 13.2. The summed E-state index contributed by atoms with van der Waals surface area (Å²) in [6.07, 6.45) is 1.53. The molecule has 0 fully saturated rings. The van der Waals surface area contributed by atoms with Crippen LogP contribution in [0.4, 0.5) is 9.18 Å². The highest BCUT2D eigenvalue weighted by Gasteiger charge is 2.14. The smallest absolute Gasteiger partial charge is 0.317 e. The predicted octanol–water partition coefficient (Wildman–Crippen LogP) is 3.41. The van der Waals surface area contributed by atoms with Gasteiger partial charge in [-0.15, -0.1) is 0 Å². The van der Waals surface area contributed by atoms with E-state index in [0.717, 1.165) is 0 Å². The SMILES string of the molecule is CN(Cc1c(F)cccc1Cl)C(=O)NCc1ccco1. The lowest BCUT2D eigenvalue weighted by Gasteiger charge is -2.18. The highest BCUT2D eigenvalue weighted by Crippen LogP contribution is 2.20. The summed E-state index contributed by atoms with van der Waals surface area (Å²) in [6, 6.07) is 7.60. The van der Waals surface area contributed by atoms with Crippen molar-refractivity contribution in [3.8, 4) is 0 Å². The lowest BCUT2D eigenvalue weighted by molar-refractivity contribution is 0.205. The van der Waals surface area contributed by atoms with Crippen LogP contribution in [0.1, 0.15) is 11.3 Å². The van der Waals surface area contributed by atoms with E-state index < -0.39 is 5.82 Å². The number of carbonyl (C=O) groups excluding carboxylic acids is 1. The van der Waals surface area contributed by atoms with E-state index in [4.69, 9.17) is 16.0 Å². The van der Waals surface area contributed by atoms with Crippen LogP contribution >= 0.6 is 11.6 Å². The van der Waals surface area contributed by atoms with E-state index >= 15 is 0 Å². The number of rotatable bonds is 4. The Labute approximate surface area is 121 Å². The molecule has 0 bridgehead atoms. The lowest BCUT2D eigenvalue weighted by atomic mass is 10.2. The molecule has 2 rings (SSSR count). The number of amides is 2. The highest BCUT2D eigenvalue weighted by atomic mass is 35.5. The van der Waals surface area contributed by atoms with Gasteiger partial charge in [-0.25, -0.2) is 9.18 Å². The third-order valence-electron chi connectivity index (χ3n) is 2.80. The van der Waals surface area contributed by atoms with Crippen molar-refractivity contribution in [3.63, 3.8) is 0 Å².